The van der Waals surface area contributed by atoms with Gasteiger partial charge in [0.2, 0.25) is 0 Å². The summed E-state index contributed by atoms with van der Waals surface area (Å²) in [4.78, 5) is 13.7. The molecule has 1 atom stereocenters. The maximum Gasteiger partial charge on any atom is 0.337 e. The van der Waals surface area contributed by atoms with Gasteiger partial charge in [-0.25, -0.2) is 9.48 Å². The van der Waals surface area contributed by atoms with Crippen molar-refractivity contribution in [2.24, 2.45) is 0 Å². The number of aromatic nitrogens is 4. The lowest BCUT2D eigenvalue weighted by Gasteiger charge is -2.32. The summed E-state index contributed by atoms with van der Waals surface area (Å²) in [5, 5.41) is 20.6. The number of hydrogen-bond acceptors (Lipinski definition) is 5. The SMILES string of the molecule is O=C(O)c1ccccc1-n1cc(CN2CCO[C@H](c3ccn[nH]3)C2)cn1. The van der Waals surface area contributed by atoms with Crippen molar-refractivity contribution in [1.29, 1.82) is 0 Å². The van der Waals surface area contributed by atoms with E-state index < -0.39 is 5.97 Å². The number of para-hydroxylation sites is 1. The monoisotopic (exact) mass is 353 g/mol. The van der Waals surface area contributed by atoms with Crippen LogP contribution in [-0.2, 0) is 11.3 Å². The number of carboxylic acid groups (broad SMARTS) is 1. The van der Waals surface area contributed by atoms with E-state index in [0.29, 0.717) is 12.3 Å². The molecule has 26 heavy (non-hydrogen) atoms. The Labute approximate surface area is 150 Å². The van der Waals surface area contributed by atoms with E-state index in [4.69, 9.17) is 4.74 Å². The first-order chi connectivity index (χ1) is 12.7. The van der Waals surface area contributed by atoms with Crippen molar-refractivity contribution < 1.29 is 14.6 Å². The van der Waals surface area contributed by atoms with Gasteiger partial charge in [0.1, 0.15) is 6.10 Å². The molecule has 1 fully saturated rings. The number of carbonyl (C=O) groups is 1. The zero-order valence-corrected chi connectivity index (χ0v) is 14.1. The highest BCUT2D eigenvalue weighted by Gasteiger charge is 2.23. The molecule has 0 aliphatic carbocycles. The zero-order chi connectivity index (χ0) is 17.9. The largest absolute Gasteiger partial charge is 0.478 e. The van der Waals surface area contributed by atoms with Crippen molar-refractivity contribution in [2.75, 3.05) is 19.7 Å². The minimum Gasteiger partial charge on any atom is -0.478 e. The molecule has 1 saturated heterocycles. The molecule has 0 radical (unpaired) electrons. The van der Waals surface area contributed by atoms with Crippen LogP contribution in [0, 0.1) is 0 Å². The molecule has 1 aromatic carbocycles. The van der Waals surface area contributed by atoms with E-state index >= 15 is 0 Å². The summed E-state index contributed by atoms with van der Waals surface area (Å²) in [5.41, 5.74) is 2.78. The van der Waals surface area contributed by atoms with Gasteiger partial charge < -0.3 is 9.84 Å². The summed E-state index contributed by atoms with van der Waals surface area (Å²) >= 11 is 0. The highest BCUT2D eigenvalue weighted by atomic mass is 16.5. The van der Waals surface area contributed by atoms with Crippen LogP contribution in [0.1, 0.15) is 27.7 Å². The number of aromatic amines is 1. The van der Waals surface area contributed by atoms with E-state index in [0.717, 1.165) is 30.9 Å². The second-order valence-corrected chi connectivity index (χ2v) is 6.22. The number of nitrogens with zero attached hydrogens (tertiary/aromatic N) is 4. The molecule has 8 nitrogen and oxygen atoms in total. The van der Waals surface area contributed by atoms with E-state index in [9.17, 15) is 9.90 Å². The van der Waals surface area contributed by atoms with Crippen LogP contribution in [0.3, 0.4) is 0 Å². The number of morpholine rings is 1. The van der Waals surface area contributed by atoms with Crippen LogP contribution in [0.25, 0.3) is 5.69 Å². The number of carboxylic acids is 1. The molecule has 3 aromatic rings. The quantitative estimate of drug-likeness (QED) is 0.727. The third-order valence-corrected chi connectivity index (χ3v) is 4.44. The minimum atomic E-state index is -0.965. The molecule has 0 amide bonds. The fraction of sp³-hybridized carbons (Fsp3) is 0.278. The number of benzene rings is 1. The van der Waals surface area contributed by atoms with Gasteiger partial charge in [0, 0.05) is 37.6 Å². The van der Waals surface area contributed by atoms with Gasteiger partial charge in [-0.15, -0.1) is 0 Å². The summed E-state index contributed by atoms with van der Waals surface area (Å²) in [6.45, 7) is 2.98. The maximum atomic E-state index is 11.4. The summed E-state index contributed by atoms with van der Waals surface area (Å²) in [7, 11) is 0. The lowest BCUT2D eigenvalue weighted by molar-refractivity contribution is -0.0350. The van der Waals surface area contributed by atoms with Gasteiger partial charge in [0.15, 0.2) is 0 Å². The molecule has 8 heteroatoms. The maximum absolute atomic E-state index is 11.4. The van der Waals surface area contributed by atoms with Crippen molar-refractivity contribution in [3.63, 3.8) is 0 Å². The number of ether oxygens (including phenoxy) is 1. The molecule has 134 valence electrons. The molecule has 1 aliphatic rings. The van der Waals surface area contributed by atoms with Crippen LogP contribution in [0.4, 0.5) is 0 Å². The Bertz CT molecular complexity index is 890. The zero-order valence-electron chi connectivity index (χ0n) is 14.1. The van der Waals surface area contributed by atoms with Crippen molar-refractivity contribution in [2.45, 2.75) is 12.6 Å². The van der Waals surface area contributed by atoms with Crippen LogP contribution < -0.4 is 0 Å². The number of rotatable bonds is 5. The van der Waals surface area contributed by atoms with Crippen molar-refractivity contribution in [1.82, 2.24) is 24.9 Å². The fourth-order valence-electron chi connectivity index (χ4n) is 3.17. The van der Waals surface area contributed by atoms with E-state index in [1.807, 2.05) is 12.3 Å². The smallest absolute Gasteiger partial charge is 0.337 e. The first kappa shape index (κ1) is 16.5. The Morgan fingerprint density at radius 2 is 2.23 bits per heavy atom. The molecule has 0 spiro atoms. The lowest BCUT2D eigenvalue weighted by atomic mass is 10.2. The van der Waals surface area contributed by atoms with E-state index in [1.165, 1.54) is 0 Å². The summed E-state index contributed by atoms with van der Waals surface area (Å²) in [6.07, 6.45) is 5.36. The number of H-pyrrole nitrogens is 1. The molecular formula is C18H19N5O3. The molecule has 3 heterocycles. The second-order valence-electron chi connectivity index (χ2n) is 6.22. The van der Waals surface area contributed by atoms with Crippen molar-refractivity contribution in [3.05, 3.63) is 65.7 Å². The summed E-state index contributed by atoms with van der Waals surface area (Å²) < 4.78 is 7.42. The third-order valence-electron chi connectivity index (χ3n) is 4.44. The van der Waals surface area contributed by atoms with Crippen LogP contribution in [-0.4, -0.2) is 55.6 Å². The molecule has 0 bridgehead atoms. The second kappa shape index (κ2) is 7.11. The normalized spacial score (nSPS) is 18.1. The molecule has 2 aromatic heterocycles. The van der Waals surface area contributed by atoms with E-state index in [-0.39, 0.29) is 11.7 Å². The van der Waals surface area contributed by atoms with E-state index in [2.05, 4.69) is 20.2 Å². The fourth-order valence-corrected chi connectivity index (χ4v) is 3.17. The minimum absolute atomic E-state index is 0.0194. The van der Waals surface area contributed by atoms with Crippen LogP contribution in [0.5, 0.6) is 0 Å². The Kier molecular flexibility index (Phi) is 4.51. The van der Waals surface area contributed by atoms with Gasteiger partial charge >= 0.3 is 5.97 Å². The molecule has 4 rings (SSSR count). The van der Waals surface area contributed by atoms with Gasteiger partial charge in [0.05, 0.1) is 29.7 Å². The average molecular weight is 353 g/mol. The molecule has 0 unspecified atom stereocenters. The number of aromatic carboxylic acids is 1. The Hall–Kier alpha value is -2.97. The number of hydrogen-bond donors (Lipinski definition) is 2. The van der Waals surface area contributed by atoms with Crippen molar-refractivity contribution in [3.8, 4) is 5.69 Å². The van der Waals surface area contributed by atoms with Gasteiger partial charge in [0.25, 0.3) is 0 Å². The first-order valence-electron chi connectivity index (χ1n) is 8.40. The summed E-state index contributed by atoms with van der Waals surface area (Å²) in [6, 6.07) is 8.77. The standard InChI is InChI=1S/C18H19N5O3/c24-18(25)14-3-1-2-4-16(14)23-11-13(9-20-23)10-22-7-8-26-17(12-22)15-5-6-19-21-15/h1-6,9,11,17H,7-8,10,12H2,(H,19,21)(H,24,25)/t17-/m0/s1. The lowest BCUT2D eigenvalue weighted by Crippen LogP contribution is -2.37. The Balaban J connectivity index is 1.48. The predicted molar refractivity (Wildman–Crippen MR) is 93.1 cm³/mol. The Morgan fingerprint density at radius 1 is 1.35 bits per heavy atom. The molecule has 1 aliphatic heterocycles. The molecule has 2 N–H and O–H groups in total. The molecular weight excluding hydrogens is 334 g/mol. The van der Waals surface area contributed by atoms with Crippen molar-refractivity contribution >= 4 is 5.97 Å². The van der Waals surface area contributed by atoms with E-state index in [1.54, 1.807) is 41.3 Å². The van der Waals surface area contributed by atoms with Gasteiger partial charge in [-0.3, -0.25) is 10.00 Å². The van der Waals surface area contributed by atoms with Gasteiger partial charge in [-0.2, -0.15) is 10.2 Å². The predicted octanol–water partition coefficient (Wildman–Crippen LogP) is 1.87. The van der Waals surface area contributed by atoms with Crippen LogP contribution in [0.2, 0.25) is 0 Å². The average Bonchev–Trinajstić information content (AvgIpc) is 3.34. The molecule has 0 saturated carbocycles. The summed E-state index contributed by atoms with van der Waals surface area (Å²) in [5.74, 6) is -0.965. The highest BCUT2D eigenvalue weighted by molar-refractivity contribution is 5.91. The first-order valence-corrected chi connectivity index (χ1v) is 8.40. The highest BCUT2D eigenvalue weighted by Crippen LogP contribution is 2.22. The van der Waals surface area contributed by atoms with Crippen LogP contribution in [0.15, 0.2) is 48.9 Å². The van der Waals surface area contributed by atoms with Gasteiger partial charge in [-0.05, 0) is 18.2 Å². The Morgan fingerprint density at radius 3 is 3.04 bits per heavy atom. The topological polar surface area (TPSA) is 96.3 Å². The number of nitrogens with one attached hydrogen (secondary N) is 1. The van der Waals surface area contributed by atoms with Crippen LogP contribution >= 0.6 is 0 Å². The van der Waals surface area contributed by atoms with Gasteiger partial charge in [-0.1, -0.05) is 12.1 Å². The third kappa shape index (κ3) is 3.37.